The van der Waals surface area contributed by atoms with Gasteiger partial charge in [0.05, 0.1) is 5.92 Å². The van der Waals surface area contributed by atoms with Crippen LogP contribution in [0.2, 0.25) is 0 Å². The summed E-state index contributed by atoms with van der Waals surface area (Å²) in [5.74, 6) is -1.91. The molecule has 3 rings (SSSR count). The Morgan fingerprint density at radius 2 is 2.04 bits per heavy atom. The minimum Gasteiger partial charge on any atom is -0.454 e. The zero-order valence-electron chi connectivity index (χ0n) is 14.0. The van der Waals surface area contributed by atoms with Crippen molar-refractivity contribution in [2.24, 2.45) is 0 Å². The molecule has 0 saturated heterocycles. The predicted octanol–water partition coefficient (Wildman–Crippen LogP) is 3.32. The van der Waals surface area contributed by atoms with Crippen LogP contribution in [-0.4, -0.2) is 24.3 Å². The van der Waals surface area contributed by atoms with E-state index in [9.17, 15) is 18.8 Å². The molecule has 2 aromatic rings. The monoisotopic (exact) mass is 353 g/mol. The van der Waals surface area contributed by atoms with E-state index in [1.54, 1.807) is 31.2 Å². The predicted molar refractivity (Wildman–Crippen MR) is 94.2 cm³/mol. The molecule has 1 heterocycles. The summed E-state index contributed by atoms with van der Waals surface area (Å²) >= 11 is 0. The number of Topliss-reactive ketones (excluding diaryl/α,β-unsaturated/α-hetero) is 1. The number of nitrogens with one attached hydrogen (secondary N) is 1. The molecule has 0 aliphatic carbocycles. The quantitative estimate of drug-likeness (QED) is 0.508. The molecule has 1 amide bonds. The van der Waals surface area contributed by atoms with Gasteiger partial charge in [-0.25, -0.2) is 9.18 Å². The lowest BCUT2D eigenvalue weighted by Crippen LogP contribution is -2.13. The van der Waals surface area contributed by atoms with E-state index in [1.807, 2.05) is 0 Å². The van der Waals surface area contributed by atoms with Crippen molar-refractivity contribution in [2.45, 2.75) is 12.8 Å². The average molecular weight is 353 g/mol. The Labute approximate surface area is 149 Å². The number of esters is 1. The number of hydrogen-bond donors (Lipinski definition) is 1. The van der Waals surface area contributed by atoms with Gasteiger partial charge in [-0.2, -0.15) is 0 Å². The third kappa shape index (κ3) is 3.85. The normalized spacial score (nSPS) is 15.6. The number of ether oxygens (including phenoxy) is 1. The Morgan fingerprint density at radius 1 is 1.23 bits per heavy atom. The van der Waals surface area contributed by atoms with Gasteiger partial charge in [0.2, 0.25) is 5.91 Å². The smallest absolute Gasteiger partial charge is 0.331 e. The first-order valence-electron chi connectivity index (χ1n) is 8.02. The number of rotatable bonds is 5. The van der Waals surface area contributed by atoms with Crippen LogP contribution in [0.4, 0.5) is 10.1 Å². The average Bonchev–Trinajstić information content (AvgIpc) is 2.91. The van der Waals surface area contributed by atoms with Gasteiger partial charge in [-0.3, -0.25) is 9.59 Å². The van der Waals surface area contributed by atoms with Gasteiger partial charge in [0.25, 0.3) is 0 Å². The molecule has 0 unspecified atom stereocenters. The van der Waals surface area contributed by atoms with Gasteiger partial charge >= 0.3 is 5.97 Å². The van der Waals surface area contributed by atoms with Crippen molar-refractivity contribution in [3.05, 3.63) is 71.0 Å². The second-order valence-corrected chi connectivity index (χ2v) is 5.93. The molecule has 1 N–H and O–H groups in total. The van der Waals surface area contributed by atoms with Gasteiger partial charge in [0, 0.05) is 17.3 Å². The highest BCUT2D eigenvalue weighted by molar-refractivity contribution is 6.05. The highest BCUT2D eigenvalue weighted by atomic mass is 19.1. The van der Waals surface area contributed by atoms with Gasteiger partial charge < -0.3 is 10.1 Å². The summed E-state index contributed by atoms with van der Waals surface area (Å²) in [5, 5.41) is 2.73. The van der Waals surface area contributed by atoms with E-state index in [0.717, 1.165) is 11.6 Å². The second kappa shape index (κ2) is 7.31. The Kier molecular flexibility index (Phi) is 4.93. The number of carbonyl (C=O) groups is 3. The number of amides is 1. The van der Waals surface area contributed by atoms with Crippen molar-refractivity contribution in [3.8, 4) is 0 Å². The molecule has 6 heteroatoms. The van der Waals surface area contributed by atoms with Crippen LogP contribution in [0.1, 0.15) is 34.3 Å². The largest absolute Gasteiger partial charge is 0.454 e. The molecule has 26 heavy (non-hydrogen) atoms. The lowest BCUT2D eigenvalue weighted by Gasteiger charge is -2.06. The zero-order valence-corrected chi connectivity index (χ0v) is 14.0. The van der Waals surface area contributed by atoms with Crippen molar-refractivity contribution in [3.63, 3.8) is 0 Å². The van der Waals surface area contributed by atoms with Crippen LogP contribution in [-0.2, 0) is 14.3 Å². The van der Waals surface area contributed by atoms with Crippen molar-refractivity contribution in [2.75, 3.05) is 11.9 Å². The third-order valence-corrected chi connectivity index (χ3v) is 4.10. The number of fused-ring (bicyclic) bond motifs is 1. The molecule has 0 fully saturated rings. The van der Waals surface area contributed by atoms with Gasteiger partial charge in [-0.05, 0) is 54.5 Å². The summed E-state index contributed by atoms with van der Waals surface area (Å²) in [5.41, 5.74) is 2.32. The summed E-state index contributed by atoms with van der Waals surface area (Å²) < 4.78 is 18.0. The lowest BCUT2D eigenvalue weighted by atomic mass is 9.99. The molecule has 132 valence electrons. The van der Waals surface area contributed by atoms with E-state index >= 15 is 0 Å². The second-order valence-electron chi connectivity index (χ2n) is 5.93. The molecular formula is C20H16FNO4. The van der Waals surface area contributed by atoms with Gasteiger partial charge in [0.1, 0.15) is 5.82 Å². The van der Waals surface area contributed by atoms with Crippen molar-refractivity contribution in [1.29, 1.82) is 0 Å². The molecule has 2 aromatic carbocycles. The third-order valence-electron chi connectivity index (χ3n) is 4.10. The fraction of sp³-hybridized carbons (Fsp3) is 0.150. The first kappa shape index (κ1) is 17.5. The summed E-state index contributed by atoms with van der Waals surface area (Å²) in [6.07, 6.45) is 2.54. The van der Waals surface area contributed by atoms with E-state index in [0.29, 0.717) is 16.8 Å². The number of carbonyl (C=O) groups excluding carboxylic acids is 3. The first-order chi connectivity index (χ1) is 12.4. The molecule has 1 atom stereocenters. The van der Waals surface area contributed by atoms with E-state index in [1.165, 1.54) is 24.3 Å². The van der Waals surface area contributed by atoms with Crippen LogP contribution in [0.25, 0.3) is 6.08 Å². The molecule has 0 spiro atoms. The highest BCUT2D eigenvalue weighted by Crippen LogP contribution is 2.32. The summed E-state index contributed by atoms with van der Waals surface area (Å²) in [6.45, 7) is 1.34. The van der Waals surface area contributed by atoms with Crippen LogP contribution in [0.15, 0.2) is 48.5 Å². The highest BCUT2D eigenvalue weighted by Gasteiger charge is 2.27. The number of benzene rings is 2. The number of hydrogen-bond acceptors (Lipinski definition) is 4. The number of anilines is 1. The molecular weight excluding hydrogens is 337 g/mol. The topological polar surface area (TPSA) is 72.5 Å². The van der Waals surface area contributed by atoms with Crippen LogP contribution in [0.3, 0.4) is 0 Å². The SMILES string of the molecule is C[C@@H]1C(=O)Nc2ccc(C(=O)COC(=O)/C=C/c3cccc(F)c3)cc21. The maximum Gasteiger partial charge on any atom is 0.331 e. The van der Waals surface area contributed by atoms with Crippen molar-refractivity contribution in [1.82, 2.24) is 0 Å². The fourth-order valence-corrected chi connectivity index (χ4v) is 2.63. The van der Waals surface area contributed by atoms with Gasteiger partial charge in [-0.15, -0.1) is 0 Å². The Bertz CT molecular complexity index is 920. The van der Waals surface area contributed by atoms with E-state index in [2.05, 4.69) is 5.32 Å². The molecule has 1 aliphatic heterocycles. The molecule has 0 radical (unpaired) electrons. The van der Waals surface area contributed by atoms with Crippen LogP contribution < -0.4 is 5.32 Å². The van der Waals surface area contributed by atoms with Crippen LogP contribution in [0.5, 0.6) is 0 Å². The Morgan fingerprint density at radius 3 is 2.81 bits per heavy atom. The summed E-state index contributed by atoms with van der Waals surface area (Å²) in [7, 11) is 0. The minimum absolute atomic E-state index is 0.112. The van der Waals surface area contributed by atoms with Crippen LogP contribution >= 0.6 is 0 Å². The molecule has 0 saturated carbocycles. The zero-order chi connectivity index (χ0) is 18.7. The fourth-order valence-electron chi connectivity index (χ4n) is 2.63. The van der Waals surface area contributed by atoms with Crippen molar-refractivity contribution < 1.29 is 23.5 Å². The molecule has 1 aliphatic rings. The van der Waals surface area contributed by atoms with E-state index in [4.69, 9.17) is 4.74 Å². The van der Waals surface area contributed by atoms with Gasteiger partial charge in [-0.1, -0.05) is 12.1 Å². The molecule has 0 aromatic heterocycles. The Balaban J connectivity index is 1.59. The summed E-state index contributed by atoms with van der Waals surface area (Å²) in [6, 6.07) is 10.6. The standard InChI is InChI=1S/C20H16FNO4/c1-12-16-10-14(6-7-17(16)22-20(12)25)18(23)11-26-19(24)8-5-13-3-2-4-15(21)9-13/h2-10,12H,11H2,1H3,(H,22,25)/b8-5+/t12-/m0/s1. The summed E-state index contributed by atoms with van der Waals surface area (Å²) in [4.78, 5) is 35.6. The van der Waals surface area contributed by atoms with Gasteiger partial charge in [0.15, 0.2) is 12.4 Å². The maximum atomic E-state index is 13.1. The minimum atomic E-state index is -0.700. The van der Waals surface area contributed by atoms with Crippen molar-refractivity contribution >= 4 is 29.4 Å². The molecule has 5 nitrogen and oxygen atoms in total. The van der Waals surface area contributed by atoms with Crippen LogP contribution in [0, 0.1) is 5.82 Å². The van der Waals surface area contributed by atoms with E-state index in [-0.39, 0.29) is 17.6 Å². The van der Waals surface area contributed by atoms with E-state index < -0.39 is 18.4 Å². The first-order valence-corrected chi connectivity index (χ1v) is 8.02. The maximum absolute atomic E-state index is 13.1. The number of ketones is 1. The lowest BCUT2D eigenvalue weighted by molar-refractivity contribution is -0.136. The molecule has 0 bridgehead atoms. The number of halogens is 1. The Hall–Kier alpha value is -3.28.